The van der Waals surface area contributed by atoms with Gasteiger partial charge in [0.15, 0.2) is 5.82 Å². The topological polar surface area (TPSA) is 91.8 Å². The predicted molar refractivity (Wildman–Crippen MR) is 62.5 cm³/mol. The van der Waals surface area contributed by atoms with Crippen LogP contribution in [0.15, 0.2) is 18.2 Å². The van der Waals surface area contributed by atoms with E-state index in [0.29, 0.717) is 17.2 Å². The third-order valence-corrected chi connectivity index (χ3v) is 2.57. The van der Waals surface area contributed by atoms with E-state index in [9.17, 15) is 4.79 Å². The van der Waals surface area contributed by atoms with E-state index in [1.807, 2.05) is 6.07 Å². The van der Waals surface area contributed by atoms with Crippen LogP contribution in [0.3, 0.4) is 0 Å². The molecule has 0 spiro atoms. The standard InChI is InChI=1S/C12H10N4O2/c1-7-11(12(17)18)8(2)16(15-7)10-5-3-4-9(6-13)14-10/h3-5H,1-2H3,(H,17,18). The smallest absolute Gasteiger partial charge is 0.339 e. The Balaban J connectivity index is 2.62. The fourth-order valence-corrected chi connectivity index (χ4v) is 1.78. The maximum atomic E-state index is 11.1. The van der Waals surface area contributed by atoms with Crippen LogP contribution in [0.4, 0.5) is 0 Å². The largest absolute Gasteiger partial charge is 0.478 e. The average molecular weight is 242 g/mol. The maximum Gasteiger partial charge on any atom is 0.339 e. The Morgan fingerprint density at radius 3 is 2.72 bits per heavy atom. The zero-order chi connectivity index (χ0) is 13.3. The number of pyridine rings is 1. The number of carbonyl (C=O) groups is 1. The molecule has 0 aliphatic heterocycles. The zero-order valence-electron chi connectivity index (χ0n) is 9.88. The second-order valence-corrected chi connectivity index (χ2v) is 3.76. The van der Waals surface area contributed by atoms with Crippen molar-refractivity contribution in [1.82, 2.24) is 14.8 Å². The molecule has 2 aromatic rings. The number of rotatable bonds is 2. The minimum atomic E-state index is -1.02. The summed E-state index contributed by atoms with van der Waals surface area (Å²) in [6, 6.07) is 6.86. The number of nitriles is 1. The molecule has 2 heterocycles. The van der Waals surface area contributed by atoms with E-state index in [1.54, 1.807) is 32.0 Å². The molecule has 1 N–H and O–H groups in total. The van der Waals surface area contributed by atoms with Crippen molar-refractivity contribution in [2.75, 3.05) is 0 Å². The van der Waals surface area contributed by atoms with E-state index < -0.39 is 5.97 Å². The number of aryl methyl sites for hydroxylation is 1. The number of hydrogen-bond donors (Lipinski definition) is 1. The Bertz CT molecular complexity index is 667. The van der Waals surface area contributed by atoms with E-state index in [2.05, 4.69) is 10.1 Å². The highest BCUT2D eigenvalue weighted by Crippen LogP contribution is 2.16. The van der Waals surface area contributed by atoms with Gasteiger partial charge < -0.3 is 5.11 Å². The molecule has 6 heteroatoms. The Labute approximate surface area is 103 Å². The fraction of sp³-hybridized carbons (Fsp3) is 0.167. The van der Waals surface area contributed by atoms with Crippen molar-refractivity contribution >= 4 is 5.97 Å². The first-order valence-corrected chi connectivity index (χ1v) is 5.21. The molecule has 0 atom stereocenters. The van der Waals surface area contributed by atoms with Gasteiger partial charge in [0.2, 0.25) is 0 Å². The van der Waals surface area contributed by atoms with Crippen molar-refractivity contribution in [3.8, 4) is 11.9 Å². The maximum absolute atomic E-state index is 11.1. The molecule has 0 radical (unpaired) electrons. The van der Waals surface area contributed by atoms with E-state index in [0.717, 1.165) is 0 Å². The third kappa shape index (κ3) is 1.82. The van der Waals surface area contributed by atoms with Crippen molar-refractivity contribution in [2.45, 2.75) is 13.8 Å². The molecule has 0 bridgehead atoms. The highest BCUT2D eigenvalue weighted by Gasteiger charge is 2.18. The van der Waals surface area contributed by atoms with Gasteiger partial charge in [-0.25, -0.2) is 14.5 Å². The molecule has 0 aliphatic rings. The van der Waals surface area contributed by atoms with Gasteiger partial charge in [-0.3, -0.25) is 0 Å². The fourth-order valence-electron chi connectivity index (χ4n) is 1.78. The third-order valence-electron chi connectivity index (χ3n) is 2.57. The summed E-state index contributed by atoms with van der Waals surface area (Å²) in [6.45, 7) is 3.28. The number of carboxylic acids is 1. The zero-order valence-corrected chi connectivity index (χ0v) is 9.88. The van der Waals surface area contributed by atoms with E-state index >= 15 is 0 Å². The van der Waals surface area contributed by atoms with Crippen LogP contribution in [0.2, 0.25) is 0 Å². The Kier molecular flexibility index (Phi) is 2.81. The van der Waals surface area contributed by atoms with Gasteiger partial charge in [0.05, 0.1) is 11.4 Å². The number of aromatic carboxylic acids is 1. The summed E-state index contributed by atoms with van der Waals surface area (Å²) >= 11 is 0. The molecule has 0 amide bonds. The summed E-state index contributed by atoms with van der Waals surface area (Å²) in [5, 5.41) is 22.0. The SMILES string of the molecule is Cc1nn(-c2cccc(C#N)n2)c(C)c1C(=O)O. The van der Waals surface area contributed by atoms with Crippen LogP contribution in [0, 0.1) is 25.2 Å². The molecule has 6 nitrogen and oxygen atoms in total. The number of carboxylic acid groups (broad SMARTS) is 1. The van der Waals surface area contributed by atoms with Crippen LogP contribution in [-0.2, 0) is 0 Å². The normalized spacial score (nSPS) is 10.1. The second kappa shape index (κ2) is 4.30. The summed E-state index contributed by atoms with van der Waals surface area (Å²) in [5.41, 5.74) is 1.34. The molecule has 0 unspecified atom stereocenters. The van der Waals surface area contributed by atoms with Gasteiger partial charge in [-0.15, -0.1) is 0 Å². The lowest BCUT2D eigenvalue weighted by Crippen LogP contribution is -2.04. The molecular formula is C12H10N4O2. The van der Waals surface area contributed by atoms with Crippen molar-refractivity contribution in [3.05, 3.63) is 40.8 Å². The van der Waals surface area contributed by atoms with Crippen molar-refractivity contribution in [2.24, 2.45) is 0 Å². The monoisotopic (exact) mass is 242 g/mol. The predicted octanol–water partition coefficient (Wildman–Crippen LogP) is 1.45. The van der Waals surface area contributed by atoms with Crippen molar-refractivity contribution in [1.29, 1.82) is 5.26 Å². The molecular weight excluding hydrogens is 232 g/mol. The van der Waals surface area contributed by atoms with Gasteiger partial charge in [0.1, 0.15) is 17.3 Å². The van der Waals surface area contributed by atoms with Gasteiger partial charge in [-0.2, -0.15) is 10.4 Å². The van der Waals surface area contributed by atoms with Crippen molar-refractivity contribution in [3.63, 3.8) is 0 Å². The first-order chi connectivity index (χ1) is 8.54. The first kappa shape index (κ1) is 11.8. The van der Waals surface area contributed by atoms with Crippen molar-refractivity contribution < 1.29 is 9.90 Å². The molecule has 2 rings (SSSR count). The van der Waals surface area contributed by atoms with Crippen LogP contribution >= 0.6 is 0 Å². The van der Waals surface area contributed by atoms with Crippen LogP contribution in [0.25, 0.3) is 5.82 Å². The highest BCUT2D eigenvalue weighted by molar-refractivity contribution is 5.90. The number of hydrogen-bond acceptors (Lipinski definition) is 4. The summed E-state index contributed by atoms with van der Waals surface area (Å²) in [4.78, 5) is 15.2. The van der Waals surface area contributed by atoms with Crippen LogP contribution in [0.5, 0.6) is 0 Å². The lowest BCUT2D eigenvalue weighted by molar-refractivity contribution is 0.0695. The van der Waals surface area contributed by atoms with E-state index in [1.165, 1.54) is 4.68 Å². The van der Waals surface area contributed by atoms with Gasteiger partial charge in [-0.1, -0.05) is 6.07 Å². The minimum Gasteiger partial charge on any atom is -0.478 e. The van der Waals surface area contributed by atoms with Gasteiger partial charge in [0.25, 0.3) is 0 Å². The summed E-state index contributed by atoms with van der Waals surface area (Å²) < 4.78 is 1.43. The molecule has 18 heavy (non-hydrogen) atoms. The molecule has 2 aromatic heterocycles. The molecule has 0 aromatic carbocycles. The Hall–Kier alpha value is -2.68. The van der Waals surface area contributed by atoms with Gasteiger partial charge in [0, 0.05) is 0 Å². The van der Waals surface area contributed by atoms with Crippen LogP contribution in [0.1, 0.15) is 27.4 Å². The number of nitrogens with zero attached hydrogens (tertiary/aromatic N) is 4. The molecule has 0 aliphatic carbocycles. The van der Waals surface area contributed by atoms with Gasteiger partial charge >= 0.3 is 5.97 Å². The molecule has 0 saturated heterocycles. The molecule has 0 saturated carbocycles. The summed E-state index contributed by atoms with van der Waals surface area (Å²) in [6.07, 6.45) is 0. The van der Waals surface area contributed by atoms with E-state index in [-0.39, 0.29) is 11.3 Å². The van der Waals surface area contributed by atoms with Crippen LogP contribution < -0.4 is 0 Å². The summed E-state index contributed by atoms with van der Waals surface area (Å²) in [5.74, 6) is -0.588. The molecule has 90 valence electrons. The lowest BCUT2D eigenvalue weighted by atomic mass is 10.2. The first-order valence-electron chi connectivity index (χ1n) is 5.21. The highest BCUT2D eigenvalue weighted by atomic mass is 16.4. The minimum absolute atomic E-state index is 0.166. The average Bonchev–Trinajstić information content (AvgIpc) is 2.65. The summed E-state index contributed by atoms with van der Waals surface area (Å²) in [7, 11) is 0. The Morgan fingerprint density at radius 2 is 2.17 bits per heavy atom. The van der Waals surface area contributed by atoms with Crippen LogP contribution in [-0.4, -0.2) is 25.8 Å². The lowest BCUT2D eigenvalue weighted by Gasteiger charge is -2.03. The molecule has 0 fully saturated rings. The quantitative estimate of drug-likeness (QED) is 0.860. The van der Waals surface area contributed by atoms with Gasteiger partial charge in [-0.05, 0) is 26.0 Å². The number of aromatic nitrogens is 3. The van der Waals surface area contributed by atoms with E-state index in [4.69, 9.17) is 10.4 Å². The Morgan fingerprint density at radius 1 is 1.44 bits per heavy atom. The second-order valence-electron chi connectivity index (χ2n) is 3.76.